The van der Waals surface area contributed by atoms with Crippen molar-refractivity contribution in [3.63, 3.8) is 0 Å². The minimum absolute atomic E-state index is 0.115. The second-order valence-electron chi connectivity index (χ2n) is 6.14. The molecular formula is C14H21NO4S. The van der Waals surface area contributed by atoms with E-state index < -0.39 is 10.0 Å². The number of hydrogen-bond donors (Lipinski definition) is 2. The normalized spacial score (nSPS) is 21.1. The lowest BCUT2D eigenvalue weighted by Gasteiger charge is -2.15. The standard InChI is InChI=1S/C14H21NO4S/c1-9-12(7-16)13(10(2)19-9)20(17,18)15-8-14(5-6-14)11-3-4-11/h11,15-16H,3-8H2,1-2H3. The van der Waals surface area contributed by atoms with Crippen molar-refractivity contribution in [3.05, 3.63) is 17.1 Å². The molecule has 2 saturated carbocycles. The summed E-state index contributed by atoms with van der Waals surface area (Å²) >= 11 is 0. The molecule has 112 valence electrons. The maximum atomic E-state index is 12.5. The number of sulfonamides is 1. The van der Waals surface area contributed by atoms with Gasteiger partial charge in [0.05, 0.1) is 6.61 Å². The van der Waals surface area contributed by atoms with E-state index in [1.54, 1.807) is 13.8 Å². The van der Waals surface area contributed by atoms with E-state index in [2.05, 4.69) is 4.72 Å². The third kappa shape index (κ3) is 2.29. The van der Waals surface area contributed by atoms with Gasteiger partial charge in [0.2, 0.25) is 10.0 Å². The van der Waals surface area contributed by atoms with E-state index in [1.165, 1.54) is 12.8 Å². The average Bonchev–Trinajstić information content (AvgIpc) is 3.24. The number of furan rings is 1. The number of aliphatic hydroxyl groups is 1. The summed E-state index contributed by atoms with van der Waals surface area (Å²) in [6, 6.07) is 0. The molecule has 0 spiro atoms. The summed E-state index contributed by atoms with van der Waals surface area (Å²) < 4.78 is 33.0. The molecular weight excluding hydrogens is 278 g/mol. The van der Waals surface area contributed by atoms with Crippen LogP contribution in [-0.4, -0.2) is 20.1 Å². The first-order chi connectivity index (χ1) is 9.39. The van der Waals surface area contributed by atoms with Crippen molar-refractivity contribution in [2.24, 2.45) is 11.3 Å². The average molecular weight is 299 g/mol. The molecule has 6 heteroatoms. The van der Waals surface area contributed by atoms with E-state index in [4.69, 9.17) is 4.42 Å². The number of aryl methyl sites for hydroxylation is 2. The number of rotatable bonds is 6. The summed E-state index contributed by atoms with van der Waals surface area (Å²) in [5, 5.41) is 9.36. The lowest BCUT2D eigenvalue weighted by atomic mass is 10.0. The van der Waals surface area contributed by atoms with Gasteiger partial charge >= 0.3 is 0 Å². The third-order valence-electron chi connectivity index (χ3n) is 4.70. The Kier molecular flexibility index (Phi) is 3.23. The zero-order valence-electron chi connectivity index (χ0n) is 11.9. The van der Waals surface area contributed by atoms with Crippen LogP contribution >= 0.6 is 0 Å². The molecule has 1 aromatic rings. The number of aliphatic hydroxyl groups excluding tert-OH is 1. The fourth-order valence-corrected chi connectivity index (χ4v) is 4.72. The molecule has 1 heterocycles. The number of hydrogen-bond acceptors (Lipinski definition) is 4. The highest BCUT2D eigenvalue weighted by Crippen LogP contribution is 2.60. The lowest BCUT2D eigenvalue weighted by Crippen LogP contribution is -2.32. The van der Waals surface area contributed by atoms with Gasteiger partial charge in [-0.3, -0.25) is 0 Å². The van der Waals surface area contributed by atoms with Crippen LogP contribution in [0.5, 0.6) is 0 Å². The molecule has 0 amide bonds. The molecule has 1 aromatic heterocycles. The van der Waals surface area contributed by atoms with Crippen molar-refractivity contribution in [2.75, 3.05) is 6.54 Å². The van der Waals surface area contributed by atoms with E-state index in [0.29, 0.717) is 29.5 Å². The summed E-state index contributed by atoms with van der Waals surface area (Å²) in [5.41, 5.74) is 0.574. The minimum atomic E-state index is -3.62. The highest BCUT2D eigenvalue weighted by Gasteiger charge is 2.53. The van der Waals surface area contributed by atoms with Crippen molar-refractivity contribution < 1.29 is 17.9 Å². The molecule has 0 radical (unpaired) electrons. The molecule has 0 atom stereocenters. The second kappa shape index (κ2) is 4.58. The van der Waals surface area contributed by atoms with Gasteiger partial charge in [0.15, 0.2) is 0 Å². The van der Waals surface area contributed by atoms with Crippen molar-refractivity contribution in [3.8, 4) is 0 Å². The van der Waals surface area contributed by atoms with Crippen LogP contribution < -0.4 is 4.72 Å². The van der Waals surface area contributed by atoms with Gasteiger partial charge in [-0.05, 0) is 50.9 Å². The van der Waals surface area contributed by atoms with E-state index in [9.17, 15) is 13.5 Å². The van der Waals surface area contributed by atoms with Crippen LogP contribution in [0.25, 0.3) is 0 Å². The van der Waals surface area contributed by atoms with E-state index >= 15 is 0 Å². The summed E-state index contributed by atoms with van der Waals surface area (Å²) in [6.07, 6.45) is 4.70. The van der Waals surface area contributed by atoms with Gasteiger partial charge in [0, 0.05) is 12.1 Å². The van der Waals surface area contributed by atoms with Gasteiger partial charge in [-0.1, -0.05) is 0 Å². The Morgan fingerprint density at radius 3 is 2.45 bits per heavy atom. The zero-order valence-corrected chi connectivity index (χ0v) is 12.7. The van der Waals surface area contributed by atoms with Crippen LogP contribution in [-0.2, 0) is 16.6 Å². The maximum Gasteiger partial charge on any atom is 0.244 e. The Balaban J connectivity index is 1.81. The fraction of sp³-hybridized carbons (Fsp3) is 0.714. The summed E-state index contributed by atoms with van der Waals surface area (Å²) in [4.78, 5) is 0.115. The van der Waals surface area contributed by atoms with Crippen LogP contribution in [0.3, 0.4) is 0 Å². The lowest BCUT2D eigenvalue weighted by molar-refractivity contribution is 0.276. The predicted molar refractivity (Wildman–Crippen MR) is 73.7 cm³/mol. The van der Waals surface area contributed by atoms with Crippen molar-refractivity contribution in [1.29, 1.82) is 0 Å². The molecule has 20 heavy (non-hydrogen) atoms. The number of nitrogens with one attached hydrogen (secondary N) is 1. The highest BCUT2D eigenvalue weighted by atomic mass is 32.2. The minimum Gasteiger partial charge on any atom is -0.465 e. The van der Waals surface area contributed by atoms with Crippen LogP contribution in [0.2, 0.25) is 0 Å². The van der Waals surface area contributed by atoms with Gasteiger partial charge in [0.25, 0.3) is 0 Å². The van der Waals surface area contributed by atoms with Crippen molar-refractivity contribution >= 4 is 10.0 Å². The molecule has 2 aliphatic rings. The summed E-state index contributed by atoms with van der Waals surface area (Å²) in [5.74, 6) is 1.51. The van der Waals surface area contributed by atoms with E-state index in [-0.39, 0.29) is 16.9 Å². The quantitative estimate of drug-likeness (QED) is 0.840. The molecule has 5 nitrogen and oxygen atoms in total. The first-order valence-corrected chi connectivity index (χ1v) is 8.57. The molecule has 3 rings (SSSR count). The Morgan fingerprint density at radius 2 is 1.95 bits per heavy atom. The molecule has 2 fully saturated rings. The van der Waals surface area contributed by atoms with Crippen LogP contribution in [0.4, 0.5) is 0 Å². The SMILES string of the molecule is Cc1oc(C)c(S(=O)(=O)NCC2(C3CC3)CC2)c1CO. The first kappa shape index (κ1) is 14.1. The van der Waals surface area contributed by atoms with E-state index in [1.807, 2.05) is 0 Å². The Bertz CT molecular complexity index is 624. The molecule has 0 saturated heterocycles. The smallest absolute Gasteiger partial charge is 0.244 e. The predicted octanol–water partition coefficient (Wildman–Crippen LogP) is 1.86. The maximum absolute atomic E-state index is 12.5. The van der Waals surface area contributed by atoms with Crippen molar-refractivity contribution in [2.45, 2.75) is 51.0 Å². The Labute approximate surface area is 119 Å². The van der Waals surface area contributed by atoms with Crippen LogP contribution in [0.15, 0.2) is 9.31 Å². The largest absolute Gasteiger partial charge is 0.465 e. The summed E-state index contributed by atoms with van der Waals surface area (Å²) in [6.45, 7) is 3.47. The summed E-state index contributed by atoms with van der Waals surface area (Å²) in [7, 11) is -3.62. The second-order valence-corrected chi connectivity index (χ2v) is 7.85. The van der Waals surface area contributed by atoms with Gasteiger partial charge in [-0.25, -0.2) is 13.1 Å². The van der Waals surface area contributed by atoms with Gasteiger partial charge in [0.1, 0.15) is 16.4 Å². The van der Waals surface area contributed by atoms with E-state index in [0.717, 1.165) is 12.8 Å². The van der Waals surface area contributed by atoms with Gasteiger partial charge in [-0.2, -0.15) is 0 Å². The van der Waals surface area contributed by atoms with Gasteiger partial charge in [-0.15, -0.1) is 0 Å². The fourth-order valence-electron chi connectivity index (χ4n) is 3.14. The topological polar surface area (TPSA) is 79.5 Å². The first-order valence-electron chi connectivity index (χ1n) is 7.09. The molecule has 0 bridgehead atoms. The molecule has 2 aliphatic carbocycles. The third-order valence-corrected chi connectivity index (χ3v) is 6.30. The zero-order chi connectivity index (χ0) is 14.5. The van der Waals surface area contributed by atoms with Crippen LogP contribution in [0, 0.1) is 25.2 Å². The molecule has 0 unspecified atom stereocenters. The highest BCUT2D eigenvalue weighted by molar-refractivity contribution is 7.89. The van der Waals surface area contributed by atoms with Gasteiger partial charge < -0.3 is 9.52 Å². The van der Waals surface area contributed by atoms with Crippen molar-refractivity contribution in [1.82, 2.24) is 4.72 Å². The Hall–Kier alpha value is -0.850. The van der Waals surface area contributed by atoms with Crippen LogP contribution in [0.1, 0.15) is 42.8 Å². The molecule has 0 aliphatic heterocycles. The molecule has 2 N–H and O–H groups in total. The monoisotopic (exact) mass is 299 g/mol. The Morgan fingerprint density at radius 1 is 1.30 bits per heavy atom. The molecule has 0 aromatic carbocycles.